The molecule has 12 heterocycles. The number of aromatic nitrogens is 7. The number of halogens is 5. The highest BCUT2D eigenvalue weighted by Gasteiger charge is 2.36. The molecule has 6 aliphatic rings. The Morgan fingerprint density at radius 1 is 0.356 bits per heavy atom. The van der Waals surface area contributed by atoms with Crippen LogP contribution in [-0.4, -0.2) is 102 Å². The number of hydrogen-bond donors (Lipinski definition) is 0. The van der Waals surface area contributed by atoms with Gasteiger partial charge in [0.05, 0.1) is 72.3 Å². The van der Waals surface area contributed by atoms with E-state index in [2.05, 4.69) is 59.8 Å². The second kappa shape index (κ2) is 37.9. The summed E-state index contributed by atoms with van der Waals surface area (Å²) in [6.07, 6.45) is 13.8. The van der Waals surface area contributed by atoms with E-state index in [1.54, 1.807) is 141 Å². The summed E-state index contributed by atoms with van der Waals surface area (Å²) in [6, 6.07) is 83.6. The smallest absolute Gasteiger partial charge is 0.256 e. The molecule has 1 atom stereocenters. The topological polar surface area (TPSA) is 180 Å². The Morgan fingerprint density at radius 3 is 1.32 bits per heavy atom. The lowest BCUT2D eigenvalue weighted by Gasteiger charge is -2.28. The number of carbonyl (C=O) groups is 5. The van der Waals surface area contributed by atoms with Gasteiger partial charge in [-0.25, -0.2) is 22.0 Å². The Hall–Kier alpha value is -16.2. The minimum absolute atomic E-state index is 0.0327. The van der Waals surface area contributed by atoms with Gasteiger partial charge in [-0.05, 0) is 201 Å². The number of methoxy groups -OCH3 is 1. The van der Waals surface area contributed by atoms with Crippen molar-refractivity contribution in [2.24, 2.45) is 21.1 Å². The predicted octanol–water partition coefficient (Wildman–Crippen LogP) is 21.6. The van der Waals surface area contributed by atoms with Crippen LogP contribution in [0.3, 0.4) is 0 Å². The summed E-state index contributed by atoms with van der Waals surface area (Å²) in [5, 5.41) is 7.87. The maximum atomic E-state index is 14.8. The van der Waals surface area contributed by atoms with Crippen LogP contribution < -0.4 is 9.64 Å². The molecule has 1 unspecified atom stereocenters. The van der Waals surface area contributed by atoms with E-state index < -0.39 is 0 Å². The van der Waals surface area contributed by atoms with Gasteiger partial charge in [0.15, 0.2) is 0 Å². The molecule has 11 aromatic carbocycles. The third-order valence-corrected chi connectivity index (χ3v) is 25.8. The summed E-state index contributed by atoms with van der Waals surface area (Å²) in [7, 11) is 7.47. The Morgan fingerprint density at radius 2 is 0.800 bits per heavy atom. The quantitative estimate of drug-likeness (QED) is 0.0840. The number of nitrogens with zero attached hydrogens (tertiary/aromatic N) is 13. The molecule has 17 aromatic rings. The first-order chi connectivity index (χ1) is 65.6. The molecule has 0 spiro atoms. The number of aryl methyl sites for hydroxylation is 3. The average molecular weight is 1800 g/mol. The summed E-state index contributed by atoms with van der Waals surface area (Å²) in [5.74, 6) is -1.08. The first-order valence-corrected chi connectivity index (χ1v) is 44.5. The van der Waals surface area contributed by atoms with Crippen LogP contribution >= 0.6 is 0 Å². The van der Waals surface area contributed by atoms with Gasteiger partial charge in [0.2, 0.25) is 0 Å². The van der Waals surface area contributed by atoms with Gasteiger partial charge < -0.3 is 43.3 Å². The van der Waals surface area contributed by atoms with E-state index in [0.29, 0.717) is 70.7 Å². The molecule has 672 valence electrons. The SMILES string of the molecule is CC1c2ccccc2C(=O)N1Cc1ccc(-c2ccn(C)c2)cc1F.COc1ccc(-c2ccc(CN3Cc4ncccc4C3=O)c(F)c2)cc1.Cn1cc2c(n1)CCN(c1ccc(CN3Cc4ncccc4C3=O)c(F)c1)C2.Cn1ccc2cc(-c3ccc(CN4Cc5ccccc5C4=O)c(F)c3)ccc21.O=C1c2cccnc2CN1Cc1ccc(-c2ccc3ccccc3c2)cc1F. The third-order valence-electron chi connectivity index (χ3n) is 25.8. The van der Waals surface area contributed by atoms with Crippen molar-refractivity contribution >= 4 is 56.9 Å². The lowest BCUT2D eigenvalue weighted by molar-refractivity contribution is 0.0718. The average Bonchev–Trinajstić information content (AvgIpc) is 1.63. The fourth-order valence-electron chi connectivity index (χ4n) is 18.4. The van der Waals surface area contributed by atoms with Crippen molar-refractivity contribution in [2.45, 2.75) is 84.8 Å². The molecule has 0 radical (unpaired) electrons. The molecule has 0 saturated carbocycles. The van der Waals surface area contributed by atoms with Crippen LogP contribution in [0.4, 0.5) is 27.6 Å². The molecule has 6 aromatic heterocycles. The van der Waals surface area contributed by atoms with Crippen LogP contribution in [0.25, 0.3) is 66.2 Å². The fraction of sp³-hybridized carbons (Fsp3) is 0.162. The molecule has 0 aliphatic carbocycles. The van der Waals surface area contributed by atoms with E-state index in [9.17, 15) is 45.9 Å². The minimum Gasteiger partial charge on any atom is -0.497 e. The van der Waals surface area contributed by atoms with Crippen molar-refractivity contribution in [2.75, 3.05) is 18.6 Å². The minimum atomic E-state index is -0.324. The predicted molar refractivity (Wildman–Crippen MR) is 509 cm³/mol. The van der Waals surface area contributed by atoms with E-state index in [-0.39, 0.29) is 97.4 Å². The summed E-state index contributed by atoms with van der Waals surface area (Å²) < 4.78 is 84.7. The molecule has 0 N–H and O–H groups in total. The number of amides is 5. The fourth-order valence-corrected chi connectivity index (χ4v) is 18.4. The molecule has 23 rings (SSSR count). The van der Waals surface area contributed by atoms with E-state index in [1.165, 1.54) is 11.6 Å². The third kappa shape index (κ3) is 18.5. The highest BCUT2D eigenvalue weighted by atomic mass is 19.1. The molecule has 5 amide bonds. The van der Waals surface area contributed by atoms with Crippen molar-refractivity contribution in [1.29, 1.82) is 0 Å². The van der Waals surface area contributed by atoms with Crippen molar-refractivity contribution in [1.82, 2.24) is 58.4 Å². The summed E-state index contributed by atoms with van der Waals surface area (Å²) in [6.45, 7) is 6.56. The van der Waals surface area contributed by atoms with E-state index >= 15 is 0 Å². The molecule has 0 bridgehead atoms. The lowest BCUT2D eigenvalue weighted by atomic mass is 10.00. The van der Waals surface area contributed by atoms with Crippen LogP contribution in [0.5, 0.6) is 5.75 Å². The Kier molecular flexibility index (Phi) is 24.7. The maximum absolute atomic E-state index is 14.8. The van der Waals surface area contributed by atoms with Gasteiger partial charge in [0, 0.05) is 184 Å². The second-order valence-corrected chi connectivity index (χ2v) is 34.5. The van der Waals surface area contributed by atoms with E-state index in [0.717, 1.165) is 142 Å². The number of fused-ring (bicyclic) bond motifs is 8. The zero-order chi connectivity index (χ0) is 93.2. The Balaban J connectivity index is 0.000000108. The summed E-state index contributed by atoms with van der Waals surface area (Å²) in [4.78, 5) is 85.7. The molecule has 6 aliphatic heterocycles. The van der Waals surface area contributed by atoms with Crippen LogP contribution in [0, 0.1) is 29.1 Å². The van der Waals surface area contributed by atoms with Gasteiger partial charge in [-0.15, -0.1) is 0 Å². The van der Waals surface area contributed by atoms with Gasteiger partial charge in [-0.3, -0.25) is 43.6 Å². The molecule has 24 heteroatoms. The van der Waals surface area contributed by atoms with E-state index in [1.807, 2.05) is 208 Å². The highest BCUT2D eigenvalue weighted by Crippen LogP contribution is 2.39. The number of rotatable bonds is 16. The monoisotopic (exact) mass is 1800 g/mol. The zero-order valence-electron chi connectivity index (χ0n) is 74.7. The Labute approximate surface area is 776 Å². The van der Waals surface area contributed by atoms with Crippen molar-refractivity contribution in [3.05, 3.63) is 441 Å². The molecule has 135 heavy (non-hydrogen) atoms. The van der Waals surface area contributed by atoms with Crippen LogP contribution in [0.15, 0.2) is 316 Å². The normalized spacial score (nSPS) is 14.3. The number of pyridine rings is 3. The molecule has 0 fully saturated rings. The first kappa shape index (κ1) is 88.1. The van der Waals surface area contributed by atoms with Crippen LogP contribution in [0.1, 0.15) is 132 Å². The van der Waals surface area contributed by atoms with Crippen molar-refractivity contribution in [3.8, 4) is 50.3 Å². The van der Waals surface area contributed by atoms with E-state index in [4.69, 9.17) is 4.74 Å². The maximum Gasteiger partial charge on any atom is 0.256 e. The van der Waals surface area contributed by atoms with Crippen molar-refractivity contribution < 1.29 is 50.7 Å². The standard InChI is InChI=1S/C24H19FN2O.C24H17FN2O.C21H20FN5O.C21H17FN2O2.C21H19FN2O/c1-26-11-10-18-12-16(8-9-23(18)26)17-6-7-20(22(25)13-17)15-27-14-19-4-2-3-5-21(19)24(27)28;25-22-13-19(18-8-7-16-4-1-2-5-17(16)12-18)9-10-20(22)14-27-15-23-21(24(27)28)6-3-11-26-23;1-25-10-15-12-26(8-6-19(15)24-25)16-5-4-14(18(22)9-16)11-27-13-20-17(21(27)28)3-2-7-23-20;1-26-17-8-6-14(7-9-17)15-4-5-16(19(22)11-15)12-24-13-20-18(21(24)25)3-2-10-23-20;1-14-18-5-3-4-6-19(18)21(25)24(14)13-17-8-7-15(11-20(17)22)16-9-10-23(2)12-16/h2-13H,14-15H2,1H3;1-13H,14-15H2;2-5,7,9-10H,6,8,11-13H2,1H3;2-11H,12-13H2,1H3;3-12,14H,13H2,1-2H3. The largest absolute Gasteiger partial charge is 0.497 e. The number of benzene rings is 11. The van der Waals surface area contributed by atoms with Crippen LogP contribution in [-0.2, 0) is 93.0 Å². The van der Waals surface area contributed by atoms with Gasteiger partial charge in [0.25, 0.3) is 29.5 Å². The number of hydrogen-bond acceptors (Lipinski definition) is 11. The molecular formula is C111H92F5N13O6. The first-order valence-electron chi connectivity index (χ1n) is 44.5. The molecular weight excluding hydrogens is 1710 g/mol. The van der Waals surface area contributed by atoms with Crippen LogP contribution in [0.2, 0.25) is 0 Å². The van der Waals surface area contributed by atoms with Gasteiger partial charge in [0.1, 0.15) is 34.8 Å². The lowest BCUT2D eigenvalue weighted by Crippen LogP contribution is -2.30. The highest BCUT2D eigenvalue weighted by molar-refractivity contribution is 6.01. The van der Waals surface area contributed by atoms with Gasteiger partial charge >= 0.3 is 0 Å². The number of carbonyl (C=O) groups excluding carboxylic acids is 5. The molecule has 0 saturated heterocycles. The number of ether oxygens (including phenoxy) is 1. The molecule has 19 nitrogen and oxygen atoms in total. The summed E-state index contributed by atoms with van der Waals surface area (Å²) in [5.41, 5.74) is 21.5. The Bertz CT molecular complexity index is 7480. The summed E-state index contributed by atoms with van der Waals surface area (Å²) >= 11 is 0. The zero-order valence-corrected chi connectivity index (χ0v) is 74.7. The second-order valence-electron chi connectivity index (χ2n) is 34.5. The van der Waals surface area contributed by atoms with Gasteiger partial charge in [-0.2, -0.15) is 5.10 Å². The number of anilines is 1. The van der Waals surface area contributed by atoms with Crippen molar-refractivity contribution in [3.63, 3.8) is 0 Å². The van der Waals surface area contributed by atoms with Gasteiger partial charge in [-0.1, -0.05) is 146 Å².